The number of nitrogens with zero attached hydrogens (tertiary/aromatic N) is 2. The summed E-state index contributed by atoms with van der Waals surface area (Å²) in [6.07, 6.45) is 5.10. The molecule has 2 amide bonds. The second-order valence-electron chi connectivity index (χ2n) is 10.8. The molecule has 8 nitrogen and oxygen atoms in total. The molecule has 1 saturated carbocycles. The number of benzene rings is 3. The predicted octanol–water partition coefficient (Wildman–Crippen LogP) is 6.59. The Balaban J connectivity index is 1.68. The molecule has 4 rings (SSSR count). The average molecular weight is 736 g/mol. The van der Waals surface area contributed by atoms with Crippen LogP contribution in [0.5, 0.6) is 5.75 Å². The van der Waals surface area contributed by atoms with Crippen molar-refractivity contribution in [2.24, 2.45) is 0 Å². The average Bonchev–Trinajstić information content (AvgIpc) is 3.00. The Morgan fingerprint density at radius 1 is 0.977 bits per heavy atom. The van der Waals surface area contributed by atoms with Gasteiger partial charge in [-0.05, 0) is 90.6 Å². The van der Waals surface area contributed by atoms with E-state index in [0.29, 0.717) is 15.9 Å². The lowest BCUT2D eigenvalue weighted by atomic mass is 9.95. The van der Waals surface area contributed by atoms with Crippen LogP contribution in [0.4, 0.5) is 5.69 Å². The SMILES string of the molecule is COc1ccc(S(=O)(=O)N(CC(=O)N(Cc2ccc(Br)cc2)[C@@H](C)C(=O)NC2CCCCC2)c2ccc(C)cc2)cc1Br. The number of nitrogens with one attached hydrogen (secondary N) is 1. The second kappa shape index (κ2) is 14.7. The van der Waals surface area contributed by atoms with Crippen LogP contribution < -0.4 is 14.4 Å². The summed E-state index contributed by atoms with van der Waals surface area (Å²) in [5.74, 6) is -0.262. The second-order valence-corrected chi connectivity index (χ2v) is 14.4. The van der Waals surface area contributed by atoms with Crippen molar-refractivity contribution < 1.29 is 22.7 Å². The summed E-state index contributed by atoms with van der Waals surface area (Å²) in [6, 6.07) is 18.2. The molecule has 0 spiro atoms. The largest absolute Gasteiger partial charge is 0.496 e. The van der Waals surface area contributed by atoms with Gasteiger partial charge in [-0.25, -0.2) is 8.42 Å². The van der Waals surface area contributed by atoms with Crippen molar-refractivity contribution in [3.63, 3.8) is 0 Å². The van der Waals surface area contributed by atoms with Gasteiger partial charge in [0, 0.05) is 17.1 Å². The maximum Gasteiger partial charge on any atom is 0.264 e. The number of halogens is 2. The fourth-order valence-corrected chi connectivity index (χ4v) is 7.51. The van der Waals surface area contributed by atoms with Crippen molar-refractivity contribution in [2.45, 2.75) is 69.5 Å². The first kappa shape index (κ1) is 33.0. The quantitative estimate of drug-likeness (QED) is 0.240. The van der Waals surface area contributed by atoms with Crippen LogP contribution in [0, 0.1) is 6.92 Å². The van der Waals surface area contributed by atoms with Crippen LogP contribution in [0.1, 0.15) is 50.2 Å². The molecule has 3 aromatic carbocycles. The first-order valence-electron chi connectivity index (χ1n) is 14.3. The lowest BCUT2D eigenvalue weighted by Crippen LogP contribution is -2.53. The number of hydrogen-bond acceptors (Lipinski definition) is 5. The maximum absolute atomic E-state index is 14.1. The van der Waals surface area contributed by atoms with Gasteiger partial charge in [-0.2, -0.15) is 0 Å². The Hall–Kier alpha value is -2.89. The van der Waals surface area contributed by atoms with Crippen LogP contribution >= 0.6 is 31.9 Å². The van der Waals surface area contributed by atoms with E-state index in [0.717, 1.165) is 52.0 Å². The van der Waals surface area contributed by atoms with E-state index in [2.05, 4.69) is 37.2 Å². The van der Waals surface area contributed by atoms with Gasteiger partial charge in [-0.1, -0.05) is 65.0 Å². The fraction of sp³-hybridized carbons (Fsp3) is 0.375. The van der Waals surface area contributed by atoms with Gasteiger partial charge in [0.05, 0.1) is 22.2 Å². The van der Waals surface area contributed by atoms with Gasteiger partial charge in [0.25, 0.3) is 10.0 Å². The van der Waals surface area contributed by atoms with E-state index in [1.165, 1.54) is 24.1 Å². The minimum Gasteiger partial charge on any atom is -0.496 e. The minimum atomic E-state index is -4.20. The molecular formula is C32H37Br2N3O5S. The van der Waals surface area contributed by atoms with Crippen LogP contribution in [0.2, 0.25) is 0 Å². The van der Waals surface area contributed by atoms with Gasteiger partial charge in [-0.15, -0.1) is 0 Å². The number of sulfonamides is 1. The highest BCUT2D eigenvalue weighted by Crippen LogP contribution is 2.31. The Labute approximate surface area is 271 Å². The molecule has 1 fully saturated rings. The highest BCUT2D eigenvalue weighted by molar-refractivity contribution is 9.10. The monoisotopic (exact) mass is 733 g/mol. The number of anilines is 1. The van der Waals surface area contributed by atoms with Crippen LogP contribution in [0.3, 0.4) is 0 Å². The van der Waals surface area contributed by atoms with E-state index < -0.39 is 28.5 Å². The smallest absolute Gasteiger partial charge is 0.264 e. The lowest BCUT2D eigenvalue weighted by Gasteiger charge is -2.33. The van der Waals surface area contributed by atoms with E-state index in [1.807, 2.05) is 31.2 Å². The van der Waals surface area contributed by atoms with Crippen molar-refractivity contribution in [3.05, 3.63) is 86.8 Å². The van der Waals surface area contributed by atoms with Crippen LogP contribution in [-0.2, 0) is 26.2 Å². The van der Waals surface area contributed by atoms with Crippen molar-refractivity contribution in [3.8, 4) is 5.75 Å². The van der Waals surface area contributed by atoms with Crippen LogP contribution in [0.25, 0.3) is 0 Å². The van der Waals surface area contributed by atoms with Gasteiger partial charge in [-0.3, -0.25) is 13.9 Å². The zero-order valence-corrected chi connectivity index (χ0v) is 28.5. The van der Waals surface area contributed by atoms with Gasteiger partial charge in [0.2, 0.25) is 11.8 Å². The van der Waals surface area contributed by atoms with Crippen LogP contribution in [-0.4, -0.2) is 50.9 Å². The Bertz CT molecular complexity index is 1530. The molecule has 230 valence electrons. The number of carbonyl (C=O) groups excluding carboxylic acids is 2. The molecule has 43 heavy (non-hydrogen) atoms. The molecule has 0 heterocycles. The third-order valence-electron chi connectivity index (χ3n) is 7.70. The minimum absolute atomic E-state index is 0.00361. The zero-order valence-electron chi connectivity index (χ0n) is 24.6. The number of hydrogen-bond donors (Lipinski definition) is 1. The summed E-state index contributed by atoms with van der Waals surface area (Å²) in [5, 5.41) is 3.12. The topological polar surface area (TPSA) is 96.0 Å². The number of methoxy groups -OCH3 is 1. The van der Waals surface area contributed by atoms with Crippen molar-refractivity contribution >= 4 is 59.4 Å². The molecule has 0 unspecified atom stereocenters. The number of ether oxygens (including phenoxy) is 1. The lowest BCUT2D eigenvalue weighted by molar-refractivity contribution is -0.139. The van der Waals surface area contributed by atoms with Crippen molar-refractivity contribution in [1.29, 1.82) is 0 Å². The summed E-state index contributed by atoms with van der Waals surface area (Å²) in [5.41, 5.74) is 2.11. The van der Waals surface area contributed by atoms with E-state index in [9.17, 15) is 18.0 Å². The van der Waals surface area contributed by atoms with E-state index in [4.69, 9.17) is 4.74 Å². The molecule has 0 radical (unpaired) electrons. The van der Waals surface area contributed by atoms with Crippen molar-refractivity contribution in [2.75, 3.05) is 18.0 Å². The fourth-order valence-electron chi connectivity index (χ4n) is 5.11. The number of carbonyl (C=O) groups is 2. The Morgan fingerprint density at radius 3 is 2.23 bits per heavy atom. The molecule has 0 bridgehead atoms. The molecule has 0 saturated heterocycles. The van der Waals surface area contributed by atoms with Crippen LogP contribution in [0.15, 0.2) is 80.6 Å². The normalized spacial score (nSPS) is 14.5. The van der Waals surface area contributed by atoms with Gasteiger partial charge < -0.3 is 15.0 Å². The van der Waals surface area contributed by atoms with Gasteiger partial charge >= 0.3 is 0 Å². The Morgan fingerprint density at radius 2 is 1.63 bits per heavy atom. The van der Waals surface area contributed by atoms with Crippen molar-refractivity contribution in [1.82, 2.24) is 10.2 Å². The zero-order chi connectivity index (χ0) is 31.1. The molecule has 1 aliphatic rings. The third kappa shape index (κ3) is 8.39. The maximum atomic E-state index is 14.1. The Kier molecular flexibility index (Phi) is 11.3. The summed E-state index contributed by atoms with van der Waals surface area (Å²) >= 11 is 6.82. The van der Waals surface area contributed by atoms with Gasteiger partial charge in [0.15, 0.2) is 0 Å². The molecule has 3 aromatic rings. The van der Waals surface area contributed by atoms with E-state index in [1.54, 1.807) is 37.3 Å². The standard InChI is InChI=1S/C32H37Br2N3O5S/c1-22-9-15-27(16-10-22)37(43(40,41)28-17-18-30(42-3)29(34)19-28)21-31(38)36(20-24-11-13-25(33)14-12-24)23(2)32(39)35-26-7-5-4-6-8-26/h9-19,23,26H,4-8,20-21H2,1-3H3,(H,35,39)/t23-/m0/s1. The molecule has 1 aliphatic carbocycles. The van der Waals surface area contributed by atoms with Gasteiger partial charge in [0.1, 0.15) is 18.3 Å². The number of aryl methyl sites for hydroxylation is 1. The first-order chi connectivity index (χ1) is 20.5. The molecule has 0 aliphatic heterocycles. The summed E-state index contributed by atoms with van der Waals surface area (Å²) in [6.45, 7) is 3.25. The molecule has 1 N–H and O–H groups in total. The summed E-state index contributed by atoms with van der Waals surface area (Å²) < 4.78 is 35.9. The molecule has 1 atom stereocenters. The number of amides is 2. The van der Waals surface area contributed by atoms with E-state index in [-0.39, 0.29) is 23.4 Å². The highest BCUT2D eigenvalue weighted by atomic mass is 79.9. The number of rotatable bonds is 11. The molecule has 0 aromatic heterocycles. The summed E-state index contributed by atoms with van der Waals surface area (Å²) in [4.78, 5) is 29.1. The predicted molar refractivity (Wildman–Crippen MR) is 176 cm³/mol. The molecular weight excluding hydrogens is 698 g/mol. The summed E-state index contributed by atoms with van der Waals surface area (Å²) in [7, 11) is -2.70. The third-order valence-corrected chi connectivity index (χ3v) is 10.6. The van der Waals surface area contributed by atoms with E-state index >= 15 is 0 Å². The highest BCUT2D eigenvalue weighted by Gasteiger charge is 2.33. The first-order valence-corrected chi connectivity index (χ1v) is 17.3. The molecule has 11 heteroatoms.